The van der Waals surface area contributed by atoms with Gasteiger partial charge in [-0.1, -0.05) is 6.92 Å². The Kier molecular flexibility index (Phi) is 4.95. The van der Waals surface area contributed by atoms with Gasteiger partial charge in [-0.15, -0.1) is 0 Å². The second-order valence-corrected chi connectivity index (χ2v) is 5.79. The summed E-state index contributed by atoms with van der Waals surface area (Å²) in [5.41, 5.74) is 1.84. The zero-order chi connectivity index (χ0) is 15.4. The fourth-order valence-corrected chi connectivity index (χ4v) is 3.02. The van der Waals surface area contributed by atoms with Crippen molar-refractivity contribution in [2.75, 3.05) is 46.1 Å². The first-order chi connectivity index (χ1) is 10.8. The number of Topliss-reactive ketones (excluding diaryl/α,β-unsaturated/α-hetero) is 1. The first-order valence-corrected chi connectivity index (χ1v) is 8.15. The van der Waals surface area contributed by atoms with Gasteiger partial charge >= 0.3 is 0 Å². The second kappa shape index (κ2) is 7.11. The largest absolute Gasteiger partial charge is 0.486 e. The van der Waals surface area contributed by atoms with E-state index >= 15 is 0 Å². The molecule has 3 rings (SSSR count). The molecule has 0 atom stereocenters. The molecule has 0 radical (unpaired) electrons. The minimum Gasteiger partial charge on any atom is -0.486 e. The predicted molar refractivity (Wildman–Crippen MR) is 82.1 cm³/mol. The Labute approximate surface area is 131 Å². The molecule has 0 amide bonds. The normalized spacial score (nSPS) is 18.2. The Hall–Kier alpha value is -1.59. The van der Waals surface area contributed by atoms with Gasteiger partial charge in [0.15, 0.2) is 17.3 Å². The number of quaternary nitrogens is 1. The van der Waals surface area contributed by atoms with Crippen molar-refractivity contribution in [2.45, 2.75) is 19.8 Å². The van der Waals surface area contributed by atoms with Crippen molar-refractivity contribution in [3.63, 3.8) is 0 Å². The van der Waals surface area contributed by atoms with Gasteiger partial charge in [-0.3, -0.25) is 4.79 Å². The van der Waals surface area contributed by atoms with Gasteiger partial charge < -0.3 is 19.1 Å². The molecule has 5 heteroatoms. The Morgan fingerprint density at radius 2 is 1.77 bits per heavy atom. The highest BCUT2D eigenvalue weighted by atomic mass is 16.6. The predicted octanol–water partition coefficient (Wildman–Crippen LogP) is 0.508. The van der Waals surface area contributed by atoms with E-state index in [0.29, 0.717) is 25.4 Å². The van der Waals surface area contributed by atoms with Crippen LogP contribution in [0, 0.1) is 0 Å². The molecule has 2 aliphatic heterocycles. The zero-order valence-corrected chi connectivity index (χ0v) is 13.2. The first kappa shape index (κ1) is 15.3. The summed E-state index contributed by atoms with van der Waals surface area (Å²) < 4.78 is 16.6. The molecule has 22 heavy (non-hydrogen) atoms. The van der Waals surface area contributed by atoms with Crippen molar-refractivity contribution >= 4 is 5.78 Å². The van der Waals surface area contributed by atoms with E-state index in [1.165, 1.54) is 4.90 Å². The van der Waals surface area contributed by atoms with E-state index in [2.05, 4.69) is 6.92 Å². The lowest BCUT2D eigenvalue weighted by atomic mass is 9.98. The fourth-order valence-electron chi connectivity index (χ4n) is 3.02. The van der Waals surface area contributed by atoms with Gasteiger partial charge in [0.2, 0.25) is 0 Å². The quantitative estimate of drug-likeness (QED) is 0.805. The number of morpholine rings is 1. The highest BCUT2D eigenvalue weighted by molar-refractivity contribution is 5.98. The summed E-state index contributed by atoms with van der Waals surface area (Å²) in [6.45, 7) is 7.65. The molecule has 1 saturated heterocycles. The van der Waals surface area contributed by atoms with Crippen LogP contribution in [0.25, 0.3) is 0 Å². The van der Waals surface area contributed by atoms with Crippen LogP contribution in [0.3, 0.4) is 0 Å². The molecule has 1 N–H and O–H groups in total. The van der Waals surface area contributed by atoms with E-state index in [4.69, 9.17) is 14.2 Å². The average molecular weight is 306 g/mol. The van der Waals surface area contributed by atoms with Crippen molar-refractivity contribution in [1.29, 1.82) is 0 Å². The van der Waals surface area contributed by atoms with Crippen molar-refractivity contribution in [1.82, 2.24) is 0 Å². The number of nitrogens with one attached hydrogen (secondary N) is 1. The number of carbonyl (C=O) groups excluding carboxylic acids is 1. The number of aryl methyl sites for hydroxylation is 1. The summed E-state index contributed by atoms with van der Waals surface area (Å²) in [7, 11) is 0. The minimum absolute atomic E-state index is 0.202. The molecule has 0 unspecified atom stereocenters. The van der Waals surface area contributed by atoms with Crippen LogP contribution in [0.5, 0.6) is 11.5 Å². The van der Waals surface area contributed by atoms with Gasteiger partial charge in [0.25, 0.3) is 0 Å². The Bertz CT molecular complexity index is 538. The fraction of sp³-hybridized carbons (Fsp3) is 0.588. The third-order valence-corrected chi connectivity index (χ3v) is 4.35. The van der Waals surface area contributed by atoms with Gasteiger partial charge in [-0.2, -0.15) is 0 Å². The number of benzene rings is 1. The van der Waals surface area contributed by atoms with Crippen LogP contribution in [0.1, 0.15) is 29.3 Å². The molecule has 0 aliphatic carbocycles. The van der Waals surface area contributed by atoms with Gasteiger partial charge in [-0.25, -0.2) is 0 Å². The number of rotatable bonds is 5. The maximum atomic E-state index is 12.6. The van der Waals surface area contributed by atoms with Gasteiger partial charge in [-0.05, 0) is 24.1 Å². The number of hydrogen-bond acceptors (Lipinski definition) is 4. The lowest BCUT2D eigenvalue weighted by molar-refractivity contribution is -0.907. The molecule has 1 fully saturated rings. The van der Waals surface area contributed by atoms with E-state index in [1.807, 2.05) is 12.1 Å². The van der Waals surface area contributed by atoms with Crippen LogP contribution in [0.4, 0.5) is 0 Å². The van der Waals surface area contributed by atoms with Gasteiger partial charge in [0.1, 0.15) is 26.3 Å². The molecule has 1 aromatic carbocycles. The monoisotopic (exact) mass is 306 g/mol. The van der Waals surface area contributed by atoms with Gasteiger partial charge in [0, 0.05) is 5.56 Å². The van der Waals surface area contributed by atoms with E-state index in [9.17, 15) is 4.79 Å². The Balaban J connectivity index is 1.70. The number of ether oxygens (including phenoxy) is 3. The van der Waals surface area contributed by atoms with Crippen LogP contribution in [-0.4, -0.2) is 51.8 Å². The second-order valence-electron chi connectivity index (χ2n) is 5.79. The standard InChI is InChI=1S/C17H23NO4/c1-2-13-11-16-17(22-10-9-21-16)12-14(13)15(19)3-4-18-5-7-20-8-6-18/h11-12H,2-10H2,1H3/p+1. The molecule has 0 saturated carbocycles. The molecule has 1 aromatic rings. The maximum Gasteiger partial charge on any atom is 0.168 e. The van der Waals surface area contributed by atoms with Crippen LogP contribution >= 0.6 is 0 Å². The third-order valence-electron chi connectivity index (χ3n) is 4.35. The smallest absolute Gasteiger partial charge is 0.168 e. The molecule has 0 spiro atoms. The summed E-state index contributed by atoms with van der Waals surface area (Å²) in [5.74, 6) is 1.66. The molecular weight excluding hydrogens is 282 g/mol. The zero-order valence-electron chi connectivity index (χ0n) is 13.2. The number of carbonyl (C=O) groups is 1. The van der Waals surface area contributed by atoms with E-state index in [1.54, 1.807) is 0 Å². The summed E-state index contributed by atoms with van der Waals surface area (Å²) in [6, 6.07) is 3.83. The van der Waals surface area contributed by atoms with Crippen LogP contribution < -0.4 is 14.4 Å². The van der Waals surface area contributed by atoms with Crippen LogP contribution in [0.15, 0.2) is 12.1 Å². The molecule has 0 aromatic heterocycles. The molecule has 120 valence electrons. The van der Waals surface area contributed by atoms with Crippen molar-refractivity contribution in [3.8, 4) is 11.5 Å². The van der Waals surface area contributed by atoms with Crippen LogP contribution in [-0.2, 0) is 11.2 Å². The summed E-state index contributed by atoms with van der Waals surface area (Å²) >= 11 is 0. The highest BCUT2D eigenvalue weighted by Gasteiger charge is 2.21. The van der Waals surface area contributed by atoms with Crippen LogP contribution in [0.2, 0.25) is 0 Å². The molecule has 2 heterocycles. The van der Waals surface area contributed by atoms with Crippen molar-refractivity contribution in [3.05, 3.63) is 23.3 Å². The molecular formula is C17H24NO4+. The lowest BCUT2D eigenvalue weighted by Gasteiger charge is -2.24. The van der Waals surface area contributed by atoms with Crippen molar-refractivity contribution in [2.24, 2.45) is 0 Å². The minimum atomic E-state index is 0.202. The molecule has 2 aliphatic rings. The molecule has 0 bridgehead atoms. The number of hydrogen-bond donors (Lipinski definition) is 1. The lowest BCUT2D eigenvalue weighted by Crippen LogP contribution is -3.14. The summed E-state index contributed by atoms with van der Waals surface area (Å²) in [6.07, 6.45) is 1.39. The SMILES string of the molecule is CCc1cc2c(cc1C(=O)CC[NH+]1CCOCC1)OCCO2. The Morgan fingerprint density at radius 3 is 2.45 bits per heavy atom. The molecule has 5 nitrogen and oxygen atoms in total. The average Bonchev–Trinajstić information content (AvgIpc) is 2.59. The van der Waals surface area contributed by atoms with Crippen molar-refractivity contribution < 1.29 is 23.9 Å². The summed E-state index contributed by atoms with van der Waals surface area (Å²) in [5, 5.41) is 0. The number of ketones is 1. The van der Waals surface area contributed by atoms with E-state index < -0.39 is 0 Å². The van der Waals surface area contributed by atoms with E-state index in [-0.39, 0.29) is 5.78 Å². The first-order valence-electron chi connectivity index (χ1n) is 8.15. The topological polar surface area (TPSA) is 49.2 Å². The Morgan fingerprint density at radius 1 is 1.09 bits per heavy atom. The summed E-state index contributed by atoms with van der Waals surface area (Å²) in [4.78, 5) is 14.1. The third kappa shape index (κ3) is 3.42. The maximum absolute atomic E-state index is 12.6. The number of fused-ring (bicyclic) bond motifs is 1. The van der Waals surface area contributed by atoms with Gasteiger partial charge in [0.05, 0.1) is 26.2 Å². The van der Waals surface area contributed by atoms with E-state index in [0.717, 1.165) is 56.1 Å². The highest BCUT2D eigenvalue weighted by Crippen LogP contribution is 2.33.